The molecule has 0 aromatic carbocycles. The highest BCUT2D eigenvalue weighted by atomic mass is 19.4. The minimum Gasteiger partial charge on any atom is -0.422 e. The Bertz CT molecular complexity index is 302. The molecule has 5 nitrogen and oxygen atoms in total. The summed E-state index contributed by atoms with van der Waals surface area (Å²) >= 11 is 0. The van der Waals surface area contributed by atoms with Crippen LogP contribution in [0.5, 0.6) is 5.88 Å². The third-order valence-corrected chi connectivity index (χ3v) is 1.13. The van der Waals surface area contributed by atoms with Crippen molar-refractivity contribution in [1.82, 2.24) is 9.97 Å². The quantitative estimate of drug-likeness (QED) is 0.613. The number of halogens is 3. The Morgan fingerprint density at radius 1 is 1.21 bits per heavy atom. The molecule has 1 heterocycles. The van der Waals surface area contributed by atoms with Gasteiger partial charge in [-0.3, -0.25) is 4.98 Å². The van der Waals surface area contributed by atoms with Crippen molar-refractivity contribution in [2.75, 3.05) is 0 Å². The zero-order valence-corrected chi connectivity index (χ0v) is 6.56. The summed E-state index contributed by atoms with van der Waals surface area (Å²) in [5.74, 6) is -0.762. The SMILES string of the molecule is OB(O)c1cnc(OC(F)(F)F)cn1. The summed E-state index contributed by atoms with van der Waals surface area (Å²) in [4.78, 5) is 6.44. The number of nitrogens with zero attached hydrogens (tertiary/aromatic N) is 2. The van der Waals surface area contributed by atoms with Gasteiger partial charge in [0.2, 0.25) is 5.88 Å². The molecule has 0 radical (unpaired) electrons. The fourth-order valence-electron chi connectivity index (χ4n) is 0.631. The maximum absolute atomic E-state index is 11.6. The highest BCUT2D eigenvalue weighted by Crippen LogP contribution is 2.18. The molecule has 14 heavy (non-hydrogen) atoms. The van der Waals surface area contributed by atoms with Crippen molar-refractivity contribution in [3.63, 3.8) is 0 Å². The van der Waals surface area contributed by atoms with E-state index in [1.165, 1.54) is 0 Å². The summed E-state index contributed by atoms with van der Waals surface area (Å²) < 4.78 is 38.2. The Hall–Kier alpha value is -1.35. The van der Waals surface area contributed by atoms with E-state index in [1.807, 2.05) is 0 Å². The normalized spacial score (nSPS) is 11.2. The number of alkyl halides is 3. The van der Waals surface area contributed by atoms with Gasteiger partial charge < -0.3 is 14.8 Å². The second kappa shape index (κ2) is 3.80. The summed E-state index contributed by atoms with van der Waals surface area (Å²) in [6.45, 7) is 0. The maximum atomic E-state index is 11.6. The fraction of sp³-hybridized carbons (Fsp3) is 0.200. The Morgan fingerprint density at radius 2 is 1.86 bits per heavy atom. The van der Waals surface area contributed by atoms with Crippen LogP contribution in [0.25, 0.3) is 0 Å². The number of ether oxygens (including phenoxy) is 1. The van der Waals surface area contributed by atoms with E-state index in [1.54, 1.807) is 0 Å². The standard InChI is InChI=1S/C5H4BF3N2O3/c7-5(8,9)14-4-2-10-3(1-11-4)6(12)13/h1-2,12-13H. The summed E-state index contributed by atoms with van der Waals surface area (Å²) in [6.07, 6.45) is -3.43. The van der Waals surface area contributed by atoms with Gasteiger partial charge in [0.15, 0.2) is 0 Å². The predicted molar refractivity (Wildman–Crippen MR) is 38.5 cm³/mol. The fourth-order valence-corrected chi connectivity index (χ4v) is 0.631. The summed E-state index contributed by atoms with van der Waals surface area (Å²) in [7, 11) is -1.87. The van der Waals surface area contributed by atoms with Crippen molar-refractivity contribution in [3.05, 3.63) is 12.4 Å². The van der Waals surface area contributed by atoms with Gasteiger partial charge in [0.25, 0.3) is 0 Å². The van der Waals surface area contributed by atoms with Gasteiger partial charge in [-0.2, -0.15) is 0 Å². The van der Waals surface area contributed by atoms with E-state index in [2.05, 4.69) is 14.7 Å². The van der Waals surface area contributed by atoms with Crippen LogP contribution in [0.2, 0.25) is 0 Å². The summed E-state index contributed by atoms with van der Waals surface area (Å²) in [6, 6.07) is 0. The molecule has 0 amide bonds. The predicted octanol–water partition coefficient (Wildman–Crippen LogP) is -0.945. The summed E-state index contributed by atoms with van der Waals surface area (Å²) in [5.41, 5.74) is -0.264. The first kappa shape index (κ1) is 10.7. The lowest BCUT2D eigenvalue weighted by Gasteiger charge is -2.07. The highest BCUT2D eigenvalue weighted by molar-refractivity contribution is 6.57. The van der Waals surface area contributed by atoms with E-state index < -0.39 is 19.4 Å². The average molecular weight is 208 g/mol. The monoisotopic (exact) mass is 208 g/mol. The van der Waals surface area contributed by atoms with Gasteiger partial charge in [-0.25, -0.2) is 4.98 Å². The lowest BCUT2D eigenvalue weighted by molar-refractivity contribution is -0.276. The molecule has 9 heteroatoms. The van der Waals surface area contributed by atoms with Crippen LogP contribution in [-0.2, 0) is 0 Å². The Morgan fingerprint density at radius 3 is 2.21 bits per heavy atom. The molecule has 2 N–H and O–H groups in total. The molecule has 1 rings (SSSR count). The zero-order valence-electron chi connectivity index (χ0n) is 6.56. The van der Waals surface area contributed by atoms with Crippen molar-refractivity contribution in [3.8, 4) is 5.88 Å². The van der Waals surface area contributed by atoms with Crippen molar-refractivity contribution in [2.45, 2.75) is 6.36 Å². The van der Waals surface area contributed by atoms with Crippen LogP contribution in [0.4, 0.5) is 13.2 Å². The molecular weight excluding hydrogens is 204 g/mol. The number of hydrogen-bond donors (Lipinski definition) is 2. The summed E-state index contributed by atoms with van der Waals surface area (Å²) in [5, 5.41) is 17.1. The molecule has 0 aliphatic carbocycles. The first-order valence-corrected chi connectivity index (χ1v) is 3.32. The van der Waals surface area contributed by atoms with Gasteiger partial charge in [-0.05, 0) is 0 Å². The zero-order chi connectivity index (χ0) is 10.8. The Balaban J connectivity index is 2.74. The van der Waals surface area contributed by atoms with E-state index >= 15 is 0 Å². The van der Waals surface area contributed by atoms with Crippen molar-refractivity contribution >= 4 is 12.7 Å². The molecule has 0 bridgehead atoms. The first-order valence-electron chi connectivity index (χ1n) is 3.32. The van der Waals surface area contributed by atoms with Gasteiger partial charge in [0.1, 0.15) is 0 Å². The van der Waals surface area contributed by atoms with E-state index in [9.17, 15) is 13.2 Å². The van der Waals surface area contributed by atoms with Crippen LogP contribution in [0.15, 0.2) is 12.4 Å². The van der Waals surface area contributed by atoms with E-state index in [0.29, 0.717) is 6.20 Å². The van der Waals surface area contributed by atoms with Crippen LogP contribution in [0, 0.1) is 0 Å². The van der Waals surface area contributed by atoms with E-state index in [-0.39, 0.29) is 5.59 Å². The molecule has 0 aliphatic rings. The van der Waals surface area contributed by atoms with Crippen molar-refractivity contribution in [1.29, 1.82) is 0 Å². The van der Waals surface area contributed by atoms with Crippen LogP contribution in [-0.4, -0.2) is 33.5 Å². The van der Waals surface area contributed by atoms with Gasteiger partial charge in [0.05, 0.1) is 11.8 Å². The molecule has 0 saturated heterocycles. The molecule has 0 atom stereocenters. The van der Waals surface area contributed by atoms with Gasteiger partial charge in [-0.15, -0.1) is 13.2 Å². The van der Waals surface area contributed by atoms with Crippen LogP contribution in [0.1, 0.15) is 0 Å². The van der Waals surface area contributed by atoms with Gasteiger partial charge >= 0.3 is 13.5 Å². The van der Waals surface area contributed by atoms with Crippen LogP contribution in [0.3, 0.4) is 0 Å². The minimum absolute atomic E-state index is 0.264. The smallest absolute Gasteiger partial charge is 0.422 e. The number of aromatic nitrogens is 2. The molecular formula is C5H4BF3N2O3. The Kier molecular flexibility index (Phi) is 2.92. The minimum atomic E-state index is -4.84. The molecule has 76 valence electrons. The van der Waals surface area contributed by atoms with E-state index in [4.69, 9.17) is 10.0 Å². The lowest BCUT2D eigenvalue weighted by atomic mass is 9.87. The average Bonchev–Trinajstić information content (AvgIpc) is 2.02. The maximum Gasteiger partial charge on any atom is 0.574 e. The molecule has 0 saturated carbocycles. The lowest BCUT2D eigenvalue weighted by Crippen LogP contribution is -2.33. The van der Waals surface area contributed by atoms with E-state index in [0.717, 1.165) is 6.20 Å². The third kappa shape index (κ3) is 3.19. The molecule has 0 spiro atoms. The van der Waals surface area contributed by atoms with Crippen molar-refractivity contribution < 1.29 is 28.0 Å². The van der Waals surface area contributed by atoms with Crippen molar-refractivity contribution in [2.24, 2.45) is 0 Å². The first-order chi connectivity index (χ1) is 6.38. The number of hydrogen-bond acceptors (Lipinski definition) is 5. The largest absolute Gasteiger partial charge is 0.574 e. The van der Waals surface area contributed by atoms with Gasteiger partial charge in [0, 0.05) is 6.20 Å². The molecule has 0 fully saturated rings. The Labute approximate surface area is 76.3 Å². The number of rotatable bonds is 2. The third-order valence-electron chi connectivity index (χ3n) is 1.13. The molecule has 0 unspecified atom stereocenters. The topological polar surface area (TPSA) is 75.5 Å². The molecule has 1 aromatic rings. The molecule has 1 aromatic heterocycles. The van der Waals surface area contributed by atoms with Gasteiger partial charge in [-0.1, -0.05) is 0 Å². The highest BCUT2D eigenvalue weighted by Gasteiger charge is 2.32. The van der Waals surface area contributed by atoms with Crippen LogP contribution < -0.4 is 10.3 Å². The molecule has 0 aliphatic heterocycles. The second-order valence-electron chi connectivity index (χ2n) is 2.20. The van der Waals surface area contributed by atoms with Crippen LogP contribution >= 0.6 is 0 Å². The second-order valence-corrected chi connectivity index (χ2v) is 2.20.